The van der Waals surface area contributed by atoms with Crippen LogP contribution >= 0.6 is 0 Å². The van der Waals surface area contributed by atoms with Crippen LogP contribution in [0.15, 0.2) is 24.3 Å². The lowest BCUT2D eigenvalue weighted by Gasteiger charge is -2.16. The summed E-state index contributed by atoms with van der Waals surface area (Å²) >= 11 is -2.35. The van der Waals surface area contributed by atoms with Crippen molar-refractivity contribution in [2.24, 2.45) is 0 Å². The van der Waals surface area contributed by atoms with Crippen molar-refractivity contribution >= 4 is 17.4 Å². The first-order valence-electron chi connectivity index (χ1n) is 5.21. The molecule has 0 heterocycles. The molecule has 0 bridgehead atoms. The normalized spacial score (nSPS) is 11.9. The van der Waals surface area contributed by atoms with E-state index in [1.807, 2.05) is 6.92 Å². The van der Waals surface area contributed by atoms with Crippen LogP contribution in [0, 0.1) is 6.92 Å². The van der Waals surface area contributed by atoms with Gasteiger partial charge in [-0.25, -0.2) is 13.3 Å². The highest BCUT2D eigenvalue weighted by Gasteiger charge is 2.20. The van der Waals surface area contributed by atoms with Gasteiger partial charge in [0.25, 0.3) is 11.3 Å². The van der Waals surface area contributed by atoms with E-state index < -0.39 is 17.4 Å². The SMILES string of the molecule is CCCN(C(=O)Oc1ccc(C)cc1)S(=O)O. The van der Waals surface area contributed by atoms with E-state index in [9.17, 15) is 9.00 Å². The molecule has 1 atom stereocenters. The Morgan fingerprint density at radius 2 is 2.00 bits per heavy atom. The first kappa shape index (κ1) is 13.7. The highest BCUT2D eigenvalue weighted by molar-refractivity contribution is 7.77. The lowest BCUT2D eigenvalue weighted by Crippen LogP contribution is -2.35. The Morgan fingerprint density at radius 3 is 2.47 bits per heavy atom. The Morgan fingerprint density at radius 1 is 1.41 bits per heavy atom. The second-order valence-electron chi connectivity index (χ2n) is 3.51. The van der Waals surface area contributed by atoms with Crippen molar-refractivity contribution in [3.63, 3.8) is 0 Å². The van der Waals surface area contributed by atoms with Crippen LogP contribution in [0.5, 0.6) is 5.75 Å². The van der Waals surface area contributed by atoms with Crippen molar-refractivity contribution in [3.05, 3.63) is 29.8 Å². The molecule has 1 aromatic rings. The number of carbonyl (C=O) groups is 1. The average molecular weight is 257 g/mol. The maximum absolute atomic E-state index is 11.6. The van der Waals surface area contributed by atoms with Gasteiger partial charge in [-0.15, -0.1) is 0 Å². The summed E-state index contributed by atoms with van der Waals surface area (Å²) in [5, 5.41) is 0. The molecule has 0 saturated carbocycles. The average Bonchev–Trinajstić information content (AvgIpc) is 2.28. The third-order valence-electron chi connectivity index (χ3n) is 2.05. The van der Waals surface area contributed by atoms with E-state index in [2.05, 4.69) is 0 Å². The molecule has 1 amide bonds. The molecule has 0 radical (unpaired) electrons. The molecule has 0 spiro atoms. The summed E-state index contributed by atoms with van der Waals surface area (Å²) in [7, 11) is 0. The molecule has 0 aromatic heterocycles. The fourth-order valence-electron chi connectivity index (χ4n) is 1.19. The maximum Gasteiger partial charge on any atom is 0.428 e. The summed E-state index contributed by atoms with van der Waals surface area (Å²) < 4.78 is 25.6. The fraction of sp³-hybridized carbons (Fsp3) is 0.364. The zero-order valence-electron chi connectivity index (χ0n) is 9.75. The van der Waals surface area contributed by atoms with Crippen LogP contribution in [0.2, 0.25) is 0 Å². The topological polar surface area (TPSA) is 66.8 Å². The number of rotatable bonds is 4. The summed E-state index contributed by atoms with van der Waals surface area (Å²) in [5.41, 5.74) is 1.04. The fourth-order valence-corrected chi connectivity index (χ4v) is 1.70. The molecule has 5 nitrogen and oxygen atoms in total. The van der Waals surface area contributed by atoms with Crippen molar-refractivity contribution in [3.8, 4) is 5.75 Å². The van der Waals surface area contributed by atoms with E-state index in [1.165, 1.54) is 0 Å². The largest absolute Gasteiger partial charge is 0.428 e. The Balaban J connectivity index is 2.69. The Labute approximate surface area is 103 Å². The molecular weight excluding hydrogens is 242 g/mol. The molecule has 0 aliphatic heterocycles. The number of ether oxygens (including phenoxy) is 1. The molecule has 1 N–H and O–H groups in total. The van der Waals surface area contributed by atoms with Crippen LogP contribution in [-0.2, 0) is 11.3 Å². The second kappa shape index (κ2) is 6.36. The summed E-state index contributed by atoms with van der Waals surface area (Å²) in [6.07, 6.45) is -0.244. The van der Waals surface area contributed by atoms with E-state index in [0.29, 0.717) is 12.2 Å². The third-order valence-corrected chi connectivity index (χ3v) is 2.75. The summed E-state index contributed by atoms with van der Waals surface area (Å²) in [4.78, 5) is 11.6. The van der Waals surface area contributed by atoms with E-state index in [-0.39, 0.29) is 6.54 Å². The maximum atomic E-state index is 11.6. The number of carbonyl (C=O) groups excluding carboxylic acids is 1. The van der Waals surface area contributed by atoms with Gasteiger partial charge in [0.2, 0.25) is 0 Å². The zero-order valence-corrected chi connectivity index (χ0v) is 10.6. The highest BCUT2D eigenvalue weighted by Crippen LogP contribution is 2.13. The summed E-state index contributed by atoms with van der Waals surface area (Å²) in [6.45, 7) is 3.89. The van der Waals surface area contributed by atoms with Gasteiger partial charge in [-0.2, -0.15) is 0 Å². The van der Waals surface area contributed by atoms with E-state index in [4.69, 9.17) is 9.29 Å². The molecular formula is C11H15NO4S. The lowest BCUT2D eigenvalue weighted by atomic mass is 10.2. The molecule has 17 heavy (non-hydrogen) atoms. The Kier molecular flexibility index (Phi) is 5.11. The van der Waals surface area contributed by atoms with Gasteiger partial charge in [0.05, 0.1) is 0 Å². The molecule has 6 heteroatoms. The van der Waals surface area contributed by atoms with Crippen LogP contribution in [0.4, 0.5) is 4.79 Å². The van der Waals surface area contributed by atoms with Crippen LogP contribution in [0.25, 0.3) is 0 Å². The summed E-state index contributed by atoms with van der Waals surface area (Å²) in [5.74, 6) is 0.354. The van der Waals surface area contributed by atoms with Gasteiger partial charge in [0.1, 0.15) is 5.75 Å². The standard InChI is InChI=1S/C11H15NO4S/c1-3-8-12(17(14)15)11(13)16-10-6-4-9(2)5-7-10/h4-7H,3,8H2,1-2H3,(H,14,15). The molecule has 0 aliphatic carbocycles. The van der Waals surface area contributed by atoms with Gasteiger partial charge in [-0.3, -0.25) is 4.55 Å². The molecule has 0 fully saturated rings. The smallest absolute Gasteiger partial charge is 0.410 e. The molecule has 0 aliphatic rings. The summed E-state index contributed by atoms with van der Waals surface area (Å²) in [6, 6.07) is 6.86. The van der Waals surface area contributed by atoms with E-state index >= 15 is 0 Å². The van der Waals surface area contributed by atoms with Crippen molar-refractivity contribution < 1.29 is 18.3 Å². The quantitative estimate of drug-likeness (QED) is 0.841. The molecule has 0 saturated heterocycles. The van der Waals surface area contributed by atoms with Gasteiger partial charge in [-0.1, -0.05) is 24.6 Å². The number of aryl methyl sites for hydroxylation is 1. The lowest BCUT2D eigenvalue weighted by molar-refractivity contribution is 0.178. The van der Waals surface area contributed by atoms with Crippen molar-refractivity contribution in [1.82, 2.24) is 4.31 Å². The van der Waals surface area contributed by atoms with Crippen molar-refractivity contribution in [2.45, 2.75) is 20.3 Å². The zero-order chi connectivity index (χ0) is 12.8. The molecule has 94 valence electrons. The van der Waals surface area contributed by atoms with Gasteiger partial charge >= 0.3 is 6.09 Å². The first-order chi connectivity index (χ1) is 8.04. The van der Waals surface area contributed by atoms with Gasteiger partial charge in [0, 0.05) is 6.54 Å². The highest BCUT2D eigenvalue weighted by atomic mass is 32.2. The number of nitrogens with zero attached hydrogens (tertiary/aromatic N) is 1. The number of benzene rings is 1. The van der Waals surface area contributed by atoms with Crippen LogP contribution < -0.4 is 4.74 Å². The minimum absolute atomic E-state index is 0.174. The van der Waals surface area contributed by atoms with Crippen LogP contribution in [-0.4, -0.2) is 25.7 Å². The predicted molar refractivity (Wildman–Crippen MR) is 65.0 cm³/mol. The molecule has 1 rings (SSSR count). The monoisotopic (exact) mass is 257 g/mol. The second-order valence-corrected chi connectivity index (χ2v) is 4.42. The van der Waals surface area contributed by atoms with Gasteiger partial charge in [0.15, 0.2) is 0 Å². The first-order valence-corrected chi connectivity index (χ1v) is 6.28. The third kappa shape index (κ3) is 4.16. The van der Waals surface area contributed by atoms with Crippen LogP contribution in [0.3, 0.4) is 0 Å². The molecule has 1 unspecified atom stereocenters. The van der Waals surface area contributed by atoms with E-state index in [1.54, 1.807) is 31.2 Å². The number of hydrogen-bond donors (Lipinski definition) is 1. The Bertz CT molecular complexity index is 404. The van der Waals surface area contributed by atoms with Gasteiger partial charge < -0.3 is 4.74 Å². The minimum Gasteiger partial charge on any atom is -0.410 e. The minimum atomic E-state index is -2.35. The van der Waals surface area contributed by atoms with Crippen molar-refractivity contribution in [1.29, 1.82) is 0 Å². The van der Waals surface area contributed by atoms with E-state index in [0.717, 1.165) is 9.87 Å². The number of hydrogen-bond acceptors (Lipinski definition) is 3. The van der Waals surface area contributed by atoms with Gasteiger partial charge in [-0.05, 0) is 25.5 Å². The van der Waals surface area contributed by atoms with Crippen molar-refractivity contribution in [2.75, 3.05) is 6.54 Å². The number of amides is 1. The molecule has 1 aromatic carbocycles. The predicted octanol–water partition coefficient (Wildman–Crippen LogP) is 2.34. The van der Waals surface area contributed by atoms with Crippen LogP contribution in [0.1, 0.15) is 18.9 Å². The Hall–Kier alpha value is -1.40.